The summed E-state index contributed by atoms with van der Waals surface area (Å²) in [6.45, 7) is 3.69. The third kappa shape index (κ3) is 2.52. The lowest BCUT2D eigenvalue weighted by Crippen LogP contribution is -2.40. The van der Waals surface area contributed by atoms with Gasteiger partial charge in [0.1, 0.15) is 5.82 Å². The zero-order valence-electron chi connectivity index (χ0n) is 12.1. The minimum atomic E-state index is -0.123. The number of aromatic nitrogens is 2. The van der Waals surface area contributed by atoms with Gasteiger partial charge in [0.2, 0.25) is 0 Å². The Morgan fingerprint density at radius 3 is 3.05 bits per heavy atom. The summed E-state index contributed by atoms with van der Waals surface area (Å²) in [4.78, 5) is 4.71. The van der Waals surface area contributed by atoms with Gasteiger partial charge < -0.3 is 9.30 Å². The van der Waals surface area contributed by atoms with Gasteiger partial charge in [-0.2, -0.15) is 5.26 Å². The van der Waals surface area contributed by atoms with Crippen LogP contribution in [0.1, 0.15) is 31.2 Å². The third-order valence-electron chi connectivity index (χ3n) is 4.13. The van der Waals surface area contributed by atoms with Gasteiger partial charge in [0, 0.05) is 18.9 Å². The molecule has 1 saturated heterocycles. The second-order valence-corrected chi connectivity index (χ2v) is 6.15. The summed E-state index contributed by atoms with van der Waals surface area (Å²) in [6.07, 6.45) is 2.80. The van der Waals surface area contributed by atoms with Crippen LogP contribution in [0.15, 0.2) is 18.2 Å². The monoisotopic (exact) mass is 303 g/mol. The highest BCUT2D eigenvalue weighted by atomic mass is 35.5. The number of benzene rings is 1. The molecule has 1 unspecified atom stereocenters. The highest BCUT2D eigenvalue weighted by Gasteiger charge is 2.33. The lowest BCUT2D eigenvalue weighted by molar-refractivity contribution is 0.0102. The van der Waals surface area contributed by atoms with Crippen molar-refractivity contribution in [2.24, 2.45) is 0 Å². The van der Waals surface area contributed by atoms with E-state index in [2.05, 4.69) is 17.6 Å². The first-order valence-electron chi connectivity index (χ1n) is 7.23. The van der Waals surface area contributed by atoms with E-state index in [0.717, 1.165) is 36.3 Å². The van der Waals surface area contributed by atoms with E-state index >= 15 is 0 Å². The number of nitrogens with zero attached hydrogens (tertiary/aromatic N) is 3. The highest BCUT2D eigenvalue weighted by Crippen LogP contribution is 2.33. The molecule has 1 aliphatic heterocycles. The van der Waals surface area contributed by atoms with Crippen LogP contribution in [0.5, 0.6) is 0 Å². The number of rotatable bonds is 3. The summed E-state index contributed by atoms with van der Waals surface area (Å²) < 4.78 is 7.94. The van der Waals surface area contributed by atoms with Gasteiger partial charge in [-0.15, -0.1) is 11.6 Å². The quantitative estimate of drug-likeness (QED) is 0.818. The fraction of sp³-hybridized carbons (Fsp3) is 0.500. The van der Waals surface area contributed by atoms with Crippen molar-refractivity contribution in [1.29, 1.82) is 5.26 Å². The van der Waals surface area contributed by atoms with Crippen LogP contribution in [-0.4, -0.2) is 28.6 Å². The second-order valence-electron chi connectivity index (χ2n) is 5.77. The Labute approximate surface area is 129 Å². The lowest BCUT2D eigenvalue weighted by Gasteiger charge is -2.36. The Hall–Kier alpha value is -1.57. The van der Waals surface area contributed by atoms with E-state index in [0.29, 0.717) is 24.5 Å². The fourth-order valence-corrected chi connectivity index (χ4v) is 3.31. The summed E-state index contributed by atoms with van der Waals surface area (Å²) in [7, 11) is 0. The lowest BCUT2D eigenvalue weighted by atomic mass is 9.93. The third-order valence-corrected chi connectivity index (χ3v) is 4.32. The van der Waals surface area contributed by atoms with Crippen LogP contribution in [-0.2, 0) is 16.7 Å². The van der Waals surface area contributed by atoms with Crippen LogP contribution < -0.4 is 0 Å². The smallest absolute Gasteiger partial charge is 0.111 e. The van der Waals surface area contributed by atoms with Crippen LogP contribution in [0.3, 0.4) is 0 Å². The van der Waals surface area contributed by atoms with Gasteiger partial charge in [0.25, 0.3) is 0 Å². The molecule has 4 nitrogen and oxygen atoms in total. The number of aryl methyl sites for hydroxylation is 1. The van der Waals surface area contributed by atoms with Gasteiger partial charge in [0.05, 0.1) is 34.8 Å². The van der Waals surface area contributed by atoms with Crippen LogP contribution in [0, 0.1) is 11.3 Å². The molecule has 1 aliphatic rings. The minimum Gasteiger partial charge on any atom is -0.379 e. The molecule has 1 aromatic heterocycles. The number of imidazole rings is 1. The highest BCUT2D eigenvalue weighted by molar-refractivity contribution is 6.17. The molecule has 3 rings (SSSR count). The van der Waals surface area contributed by atoms with E-state index in [9.17, 15) is 0 Å². The van der Waals surface area contributed by atoms with Crippen molar-refractivity contribution in [1.82, 2.24) is 9.55 Å². The van der Waals surface area contributed by atoms with E-state index in [1.54, 1.807) is 0 Å². The molecule has 0 radical (unpaired) electrons. The van der Waals surface area contributed by atoms with E-state index < -0.39 is 0 Å². The first-order valence-corrected chi connectivity index (χ1v) is 7.77. The first kappa shape index (κ1) is 14.4. The van der Waals surface area contributed by atoms with Crippen molar-refractivity contribution >= 4 is 22.6 Å². The molecule has 0 bridgehead atoms. The fourth-order valence-electron chi connectivity index (χ4n) is 3.14. The van der Waals surface area contributed by atoms with E-state index in [4.69, 9.17) is 26.6 Å². The molecule has 21 heavy (non-hydrogen) atoms. The number of alkyl halides is 1. The van der Waals surface area contributed by atoms with Crippen molar-refractivity contribution in [3.8, 4) is 6.07 Å². The van der Waals surface area contributed by atoms with Crippen molar-refractivity contribution in [3.63, 3.8) is 0 Å². The normalized spacial score (nSPS) is 22.3. The number of fused-ring (bicyclic) bond motifs is 1. The van der Waals surface area contributed by atoms with Gasteiger partial charge in [0.15, 0.2) is 0 Å². The first-order chi connectivity index (χ1) is 10.2. The van der Waals surface area contributed by atoms with Gasteiger partial charge in [-0.25, -0.2) is 4.98 Å². The molecule has 0 saturated carbocycles. The maximum Gasteiger partial charge on any atom is 0.111 e. The predicted octanol–water partition coefficient (Wildman–Crippen LogP) is 3.21. The molecular formula is C16H18ClN3O. The largest absolute Gasteiger partial charge is 0.379 e. The average Bonchev–Trinajstić information content (AvgIpc) is 2.86. The summed E-state index contributed by atoms with van der Waals surface area (Å²) in [5.74, 6) is 1.51. The number of halogens is 1. The number of hydrogen-bond acceptors (Lipinski definition) is 3. The van der Waals surface area contributed by atoms with Crippen LogP contribution >= 0.6 is 11.6 Å². The Bertz CT molecular complexity index is 695. The summed E-state index contributed by atoms with van der Waals surface area (Å²) in [5.41, 5.74) is 2.45. The SMILES string of the molecule is CC1(n2c(CCCl)nc3ccc(C#N)cc32)CCCOC1. The average molecular weight is 304 g/mol. The van der Waals surface area contributed by atoms with Crippen molar-refractivity contribution < 1.29 is 4.74 Å². The van der Waals surface area contributed by atoms with Gasteiger partial charge in [-0.3, -0.25) is 0 Å². The van der Waals surface area contributed by atoms with Gasteiger partial charge >= 0.3 is 0 Å². The molecule has 2 heterocycles. The maximum atomic E-state index is 9.15. The number of nitriles is 1. The molecule has 2 aromatic rings. The molecular weight excluding hydrogens is 286 g/mol. The van der Waals surface area contributed by atoms with Crippen molar-refractivity contribution in [2.45, 2.75) is 31.7 Å². The molecule has 1 fully saturated rings. The zero-order chi connectivity index (χ0) is 14.9. The topological polar surface area (TPSA) is 50.8 Å². The molecule has 0 amide bonds. The number of hydrogen-bond donors (Lipinski definition) is 0. The zero-order valence-corrected chi connectivity index (χ0v) is 12.9. The molecule has 1 aromatic carbocycles. The van der Waals surface area contributed by atoms with Crippen LogP contribution in [0.2, 0.25) is 0 Å². The molecule has 0 N–H and O–H groups in total. The summed E-state index contributed by atoms with van der Waals surface area (Å²) in [6, 6.07) is 7.84. The maximum absolute atomic E-state index is 9.15. The van der Waals surface area contributed by atoms with Crippen LogP contribution in [0.25, 0.3) is 11.0 Å². The molecule has 5 heteroatoms. The molecule has 0 aliphatic carbocycles. The standard InChI is InChI=1S/C16H18ClN3O/c1-16(6-2-8-21-11-16)20-14-9-12(10-18)3-4-13(14)19-15(20)5-7-17/h3-4,9H,2,5-8,11H2,1H3. The minimum absolute atomic E-state index is 0.123. The Morgan fingerprint density at radius 1 is 1.52 bits per heavy atom. The number of ether oxygens (including phenoxy) is 1. The second kappa shape index (κ2) is 5.67. The summed E-state index contributed by atoms with van der Waals surface area (Å²) >= 11 is 5.94. The van der Waals surface area contributed by atoms with Crippen LogP contribution in [0.4, 0.5) is 0 Å². The Balaban J connectivity index is 2.21. The predicted molar refractivity (Wildman–Crippen MR) is 82.6 cm³/mol. The Kier molecular flexibility index (Phi) is 3.88. The Morgan fingerprint density at radius 2 is 2.38 bits per heavy atom. The van der Waals surface area contributed by atoms with Crippen molar-refractivity contribution in [2.75, 3.05) is 19.1 Å². The van der Waals surface area contributed by atoms with E-state index in [1.807, 2.05) is 18.2 Å². The molecule has 110 valence electrons. The summed E-state index contributed by atoms with van der Waals surface area (Å²) in [5, 5.41) is 9.15. The van der Waals surface area contributed by atoms with Crippen molar-refractivity contribution in [3.05, 3.63) is 29.6 Å². The van der Waals surface area contributed by atoms with Gasteiger partial charge in [-0.05, 0) is 38.0 Å². The van der Waals surface area contributed by atoms with E-state index in [1.165, 1.54) is 0 Å². The van der Waals surface area contributed by atoms with E-state index in [-0.39, 0.29) is 5.54 Å². The molecule has 1 atom stereocenters. The molecule has 0 spiro atoms. The van der Waals surface area contributed by atoms with Gasteiger partial charge in [-0.1, -0.05) is 0 Å².